The molecule has 1 aromatic carbocycles. The Labute approximate surface area is 115 Å². The minimum atomic E-state index is 0.685. The maximum Gasteiger partial charge on any atom is 0.0777 e. The van der Waals surface area contributed by atoms with E-state index in [-0.39, 0.29) is 0 Å². The third kappa shape index (κ3) is 10.1. The maximum absolute atomic E-state index is 5.48. The van der Waals surface area contributed by atoms with Crippen LogP contribution >= 0.6 is 0 Å². The Bertz CT molecular complexity index is 338. The molecular formula is C15H25NOSi. The van der Waals surface area contributed by atoms with E-state index in [1.54, 1.807) is 0 Å². The minimum absolute atomic E-state index is 0.685. The molecule has 0 fully saturated rings. The molecule has 1 rings (SSSR count). The molecule has 0 saturated heterocycles. The lowest BCUT2D eigenvalue weighted by molar-refractivity contribution is 0.118. The predicted molar refractivity (Wildman–Crippen MR) is 82.6 cm³/mol. The smallest absolute Gasteiger partial charge is 0.0777 e. The van der Waals surface area contributed by atoms with Gasteiger partial charge in [0.05, 0.1) is 17.0 Å². The molecule has 0 amide bonds. The van der Waals surface area contributed by atoms with E-state index in [0.29, 0.717) is 6.61 Å². The third-order valence-corrected chi connectivity index (χ3v) is 2.03. The van der Waals surface area contributed by atoms with Gasteiger partial charge in [-0.2, -0.15) is 0 Å². The highest BCUT2D eigenvalue weighted by Gasteiger charge is 1.92. The molecule has 0 heterocycles. The fraction of sp³-hybridized carbons (Fsp3) is 0.467. The second kappa shape index (κ2) is 11.0. The van der Waals surface area contributed by atoms with Crippen molar-refractivity contribution >= 4 is 10.4 Å². The summed E-state index contributed by atoms with van der Waals surface area (Å²) in [5.74, 6) is 2.59. The molecule has 3 heteroatoms. The fourth-order valence-corrected chi connectivity index (χ4v) is 1.13. The quantitative estimate of drug-likeness (QED) is 0.456. The summed E-state index contributed by atoms with van der Waals surface area (Å²) in [4.78, 5) is 0. The molecular weight excluding hydrogens is 238 g/mol. The Morgan fingerprint density at radius 1 is 1.28 bits per heavy atom. The Morgan fingerprint density at radius 3 is 2.28 bits per heavy atom. The van der Waals surface area contributed by atoms with Crippen LogP contribution in [-0.2, 0) is 11.3 Å². The van der Waals surface area contributed by atoms with Crippen molar-refractivity contribution < 1.29 is 4.74 Å². The lowest BCUT2D eigenvalue weighted by Gasteiger charge is -2.03. The van der Waals surface area contributed by atoms with Crippen LogP contribution in [0.5, 0.6) is 0 Å². The lowest BCUT2D eigenvalue weighted by Crippen LogP contribution is -2.02. The Kier molecular flexibility index (Phi) is 10.4. The van der Waals surface area contributed by atoms with E-state index < -0.39 is 0 Å². The van der Waals surface area contributed by atoms with Gasteiger partial charge in [-0.1, -0.05) is 31.4 Å². The number of nitrogens with zero attached hydrogens (tertiary/aromatic N) is 1. The molecule has 100 valence electrons. The van der Waals surface area contributed by atoms with Gasteiger partial charge in [-0.3, -0.25) is 0 Å². The van der Waals surface area contributed by atoms with Crippen molar-refractivity contribution in [3.05, 3.63) is 35.4 Å². The van der Waals surface area contributed by atoms with Gasteiger partial charge in [0, 0.05) is 12.2 Å². The fourth-order valence-electron chi connectivity index (χ4n) is 1.13. The van der Waals surface area contributed by atoms with Crippen molar-refractivity contribution in [3.8, 4) is 12.3 Å². The zero-order valence-electron chi connectivity index (χ0n) is 12.1. The molecule has 18 heavy (non-hydrogen) atoms. The molecule has 0 bridgehead atoms. The van der Waals surface area contributed by atoms with E-state index in [9.17, 15) is 0 Å². The largest absolute Gasteiger partial charge is 0.377 e. The van der Waals surface area contributed by atoms with E-state index in [0.717, 1.165) is 18.6 Å². The van der Waals surface area contributed by atoms with Gasteiger partial charge in [-0.15, -0.1) is 6.42 Å². The molecule has 0 N–H and O–H groups in total. The van der Waals surface area contributed by atoms with Crippen LogP contribution in [0.25, 0.3) is 0 Å². The predicted octanol–water partition coefficient (Wildman–Crippen LogP) is 1.81. The van der Waals surface area contributed by atoms with Crippen LogP contribution in [0.1, 0.15) is 30.9 Å². The average molecular weight is 263 g/mol. The first-order valence-corrected chi connectivity index (χ1v) is 7.23. The van der Waals surface area contributed by atoms with Crippen LogP contribution < -0.4 is 0 Å². The first-order chi connectivity index (χ1) is 8.60. The van der Waals surface area contributed by atoms with Crippen LogP contribution in [0, 0.1) is 12.3 Å². The standard InChI is InChI=1S/C13H16O.C2H9NSi/c1-3-5-10-14-11-13-8-6-12(4-2)7-9-13;1-3(2)4/h2,6-9H,3,5,10-11H2,1H3;1-2,4H3. The molecule has 0 aliphatic carbocycles. The van der Waals surface area contributed by atoms with E-state index in [2.05, 4.69) is 31.5 Å². The van der Waals surface area contributed by atoms with Crippen molar-refractivity contribution in [2.24, 2.45) is 0 Å². The van der Waals surface area contributed by atoms with Gasteiger partial charge in [-0.25, -0.2) is 0 Å². The molecule has 0 radical (unpaired) electrons. The van der Waals surface area contributed by atoms with E-state index in [1.165, 1.54) is 22.4 Å². The van der Waals surface area contributed by atoms with Gasteiger partial charge in [0.1, 0.15) is 0 Å². The number of ether oxygens (including phenoxy) is 1. The van der Waals surface area contributed by atoms with Crippen molar-refractivity contribution in [2.75, 3.05) is 20.7 Å². The molecule has 0 unspecified atom stereocenters. The average Bonchev–Trinajstić information content (AvgIpc) is 2.35. The van der Waals surface area contributed by atoms with Gasteiger partial charge in [0.2, 0.25) is 0 Å². The van der Waals surface area contributed by atoms with E-state index >= 15 is 0 Å². The number of unbranched alkanes of at least 4 members (excludes halogenated alkanes) is 1. The first-order valence-electron chi connectivity index (χ1n) is 6.34. The molecule has 0 spiro atoms. The summed E-state index contributed by atoms with van der Waals surface area (Å²) in [5, 5.41) is 0. The van der Waals surface area contributed by atoms with Crippen LogP contribution in [-0.4, -0.2) is 35.7 Å². The van der Waals surface area contributed by atoms with Crippen molar-refractivity contribution in [1.29, 1.82) is 0 Å². The van der Waals surface area contributed by atoms with Crippen molar-refractivity contribution in [3.63, 3.8) is 0 Å². The zero-order chi connectivity index (χ0) is 13.8. The summed E-state index contributed by atoms with van der Waals surface area (Å²) in [5.41, 5.74) is 2.10. The van der Waals surface area contributed by atoms with Gasteiger partial charge < -0.3 is 9.30 Å². The summed E-state index contributed by atoms with van der Waals surface area (Å²) in [6.45, 7) is 3.68. The van der Waals surface area contributed by atoms with Gasteiger partial charge in [-0.05, 0) is 38.2 Å². The summed E-state index contributed by atoms with van der Waals surface area (Å²) >= 11 is 0. The molecule has 0 aliphatic heterocycles. The van der Waals surface area contributed by atoms with E-state index in [1.807, 2.05) is 24.3 Å². The van der Waals surface area contributed by atoms with Crippen molar-refractivity contribution in [2.45, 2.75) is 26.4 Å². The summed E-state index contributed by atoms with van der Waals surface area (Å²) in [6.07, 6.45) is 7.56. The number of hydrogen-bond acceptors (Lipinski definition) is 2. The number of rotatable bonds is 5. The Morgan fingerprint density at radius 2 is 1.83 bits per heavy atom. The minimum Gasteiger partial charge on any atom is -0.377 e. The van der Waals surface area contributed by atoms with Crippen LogP contribution in [0.15, 0.2) is 24.3 Å². The van der Waals surface area contributed by atoms with Crippen molar-refractivity contribution in [1.82, 2.24) is 4.57 Å². The molecule has 2 nitrogen and oxygen atoms in total. The highest BCUT2D eigenvalue weighted by Crippen LogP contribution is 2.05. The first kappa shape index (κ1) is 16.9. The van der Waals surface area contributed by atoms with Gasteiger partial charge in [0.25, 0.3) is 0 Å². The Hall–Kier alpha value is -1.08. The topological polar surface area (TPSA) is 12.5 Å². The van der Waals surface area contributed by atoms with Gasteiger partial charge in [0.15, 0.2) is 0 Å². The van der Waals surface area contributed by atoms with Crippen LogP contribution in [0.2, 0.25) is 0 Å². The second-order valence-corrected chi connectivity index (χ2v) is 6.38. The summed E-state index contributed by atoms with van der Waals surface area (Å²) in [6, 6.07) is 7.92. The second-order valence-electron chi connectivity index (χ2n) is 4.59. The molecule has 0 aromatic heterocycles. The summed E-state index contributed by atoms with van der Waals surface area (Å²) < 4.78 is 7.62. The molecule has 1 aromatic rings. The molecule has 0 saturated carbocycles. The monoisotopic (exact) mass is 263 g/mol. The highest BCUT2D eigenvalue weighted by atomic mass is 28.2. The molecule has 0 aliphatic rings. The van der Waals surface area contributed by atoms with Crippen LogP contribution in [0.3, 0.4) is 0 Å². The third-order valence-electron chi connectivity index (χ3n) is 2.03. The Balaban J connectivity index is 0.000000631. The van der Waals surface area contributed by atoms with Crippen LogP contribution in [0.4, 0.5) is 0 Å². The number of benzene rings is 1. The van der Waals surface area contributed by atoms with Gasteiger partial charge >= 0.3 is 0 Å². The zero-order valence-corrected chi connectivity index (χ0v) is 14.1. The molecule has 0 atom stereocenters. The number of hydrogen-bond donors (Lipinski definition) is 0. The lowest BCUT2D eigenvalue weighted by atomic mass is 10.1. The number of terminal acetylenes is 1. The van der Waals surface area contributed by atoms with E-state index in [4.69, 9.17) is 11.2 Å². The highest BCUT2D eigenvalue weighted by molar-refractivity contribution is 6.03. The SMILES string of the molecule is C#Cc1ccc(COCCCC)cc1.CN(C)[SiH3]. The maximum atomic E-state index is 5.48. The summed E-state index contributed by atoms with van der Waals surface area (Å²) in [7, 11) is 5.31. The normalized spacial score (nSPS) is 9.72.